The monoisotopic (exact) mass is 400 g/mol. The lowest BCUT2D eigenvalue weighted by atomic mass is 9.47. The molecule has 1 aliphatic heterocycles. The Balaban J connectivity index is 1.30. The van der Waals surface area contributed by atoms with Gasteiger partial charge in [-0.05, 0) is 118 Å². The van der Waals surface area contributed by atoms with E-state index in [2.05, 4.69) is 40.7 Å². The molecule has 4 fully saturated rings. The number of rotatable bonds is 4. The van der Waals surface area contributed by atoms with E-state index in [1.165, 1.54) is 51.4 Å². The van der Waals surface area contributed by atoms with Crippen molar-refractivity contribution in [3.05, 3.63) is 11.6 Å². The second-order valence-electron chi connectivity index (χ2n) is 12.6. The second-order valence-corrected chi connectivity index (χ2v) is 12.6. The van der Waals surface area contributed by atoms with Gasteiger partial charge in [0.05, 0.1) is 17.8 Å². The number of allylic oxidation sites excluding steroid dienone is 1. The fraction of sp³-hybridized carbons (Fsp3) is 0.926. The summed E-state index contributed by atoms with van der Waals surface area (Å²) >= 11 is 0. The molecule has 0 aromatic heterocycles. The molecule has 2 nitrogen and oxygen atoms in total. The fourth-order valence-corrected chi connectivity index (χ4v) is 8.97. The van der Waals surface area contributed by atoms with E-state index in [1.807, 2.05) is 0 Å². The fourth-order valence-electron chi connectivity index (χ4n) is 8.97. The molecule has 0 radical (unpaired) electrons. The van der Waals surface area contributed by atoms with Crippen LogP contribution in [0.25, 0.3) is 0 Å². The maximum absolute atomic E-state index is 10.2. The lowest BCUT2D eigenvalue weighted by Gasteiger charge is -2.58. The van der Waals surface area contributed by atoms with Crippen molar-refractivity contribution in [3.8, 4) is 0 Å². The van der Waals surface area contributed by atoms with E-state index in [9.17, 15) is 5.11 Å². The third-order valence-electron chi connectivity index (χ3n) is 10.9. The Labute approximate surface area is 178 Å². The number of hydrogen-bond acceptors (Lipinski definition) is 2. The molecular weight excluding hydrogens is 356 g/mol. The number of hydrogen-bond donors (Lipinski definition) is 1. The van der Waals surface area contributed by atoms with Crippen LogP contribution in [0.2, 0.25) is 0 Å². The van der Waals surface area contributed by atoms with Crippen LogP contribution < -0.4 is 0 Å². The Morgan fingerprint density at radius 3 is 2.55 bits per heavy atom. The lowest BCUT2D eigenvalue weighted by Crippen LogP contribution is -2.50. The van der Waals surface area contributed by atoms with Crippen LogP contribution in [0.15, 0.2) is 11.6 Å². The highest BCUT2D eigenvalue weighted by Gasteiger charge is 2.59. The van der Waals surface area contributed by atoms with Crippen molar-refractivity contribution in [3.63, 3.8) is 0 Å². The Kier molecular flexibility index (Phi) is 4.84. The van der Waals surface area contributed by atoms with Gasteiger partial charge < -0.3 is 9.84 Å². The van der Waals surface area contributed by atoms with Crippen LogP contribution >= 0.6 is 0 Å². The number of ether oxygens (including phenoxy) is 1. The summed E-state index contributed by atoms with van der Waals surface area (Å²) < 4.78 is 5.86. The average molecular weight is 401 g/mol. The third-order valence-corrected chi connectivity index (χ3v) is 10.9. The minimum atomic E-state index is -0.0862. The van der Waals surface area contributed by atoms with Crippen LogP contribution in [0, 0.1) is 40.4 Å². The molecule has 2 heteroatoms. The molecule has 1 heterocycles. The van der Waals surface area contributed by atoms with Crippen molar-refractivity contribution < 1.29 is 9.84 Å². The number of aliphatic hydroxyl groups is 1. The van der Waals surface area contributed by atoms with Gasteiger partial charge in [0.15, 0.2) is 0 Å². The highest BCUT2D eigenvalue weighted by atomic mass is 16.6. The molecule has 3 unspecified atom stereocenters. The molecule has 164 valence electrons. The standard InChI is InChI=1S/C27H44O2/c1-17(6-11-24-25(2,3)29-24)21-9-10-22-20-8-7-18-16-19(28)12-14-26(18,4)23(20)13-15-27(21,22)5/h7,17,19-24,28H,6,8-16H2,1-5H3/t17-,19+,20?,21-,22?,23?,24+,26+,27-/m1/s1. The van der Waals surface area contributed by atoms with E-state index in [1.54, 1.807) is 5.57 Å². The van der Waals surface area contributed by atoms with E-state index >= 15 is 0 Å². The Bertz CT molecular complexity index is 680. The second kappa shape index (κ2) is 6.83. The molecule has 0 amide bonds. The van der Waals surface area contributed by atoms with Gasteiger partial charge in [-0.15, -0.1) is 0 Å². The van der Waals surface area contributed by atoms with Crippen molar-refractivity contribution in [2.24, 2.45) is 40.4 Å². The molecule has 1 saturated heterocycles. The molecule has 3 saturated carbocycles. The first kappa shape index (κ1) is 20.6. The number of aliphatic hydroxyl groups excluding tert-OH is 1. The van der Waals surface area contributed by atoms with Crippen molar-refractivity contribution in [1.29, 1.82) is 0 Å². The minimum Gasteiger partial charge on any atom is -0.393 e. The molecule has 29 heavy (non-hydrogen) atoms. The summed E-state index contributed by atoms with van der Waals surface area (Å²) in [6, 6.07) is 0. The van der Waals surface area contributed by atoms with Crippen LogP contribution in [0.4, 0.5) is 0 Å². The smallest absolute Gasteiger partial charge is 0.0892 e. The molecule has 0 bridgehead atoms. The molecule has 5 rings (SSSR count). The SMILES string of the molecule is C[C@H](CC[C@@H]1OC1(C)C)[C@H]1CCC2C3CC=C4C[C@@H](O)CC[C@]4(C)C3CC[C@@]21C. The highest BCUT2D eigenvalue weighted by Crippen LogP contribution is 2.67. The third kappa shape index (κ3) is 3.18. The zero-order chi connectivity index (χ0) is 20.6. The van der Waals surface area contributed by atoms with Crippen molar-refractivity contribution in [2.45, 2.75) is 117 Å². The molecule has 1 N–H and O–H groups in total. The topological polar surface area (TPSA) is 32.8 Å². The predicted molar refractivity (Wildman–Crippen MR) is 119 cm³/mol. The van der Waals surface area contributed by atoms with Crippen LogP contribution in [0.5, 0.6) is 0 Å². The summed E-state index contributed by atoms with van der Waals surface area (Å²) in [5, 5.41) is 10.2. The maximum Gasteiger partial charge on any atom is 0.0892 e. The van der Waals surface area contributed by atoms with Gasteiger partial charge in [0.2, 0.25) is 0 Å². The molecule has 0 spiro atoms. The van der Waals surface area contributed by atoms with Gasteiger partial charge in [-0.25, -0.2) is 0 Å². The van der Waals surface area contributed by atoms with E-state index in [-0.39, 0.29) is 11.7 Å². The summed E-state index contributed by atoms with van der Waals surface area (Å²) in [6.45, 7) is 12.3. The summed E-state index contributed by atoms with van der Waals surface area (Å²) in [5.41, 5.74) is 2.68. The van der Waals surface area contributed by atoms with Gasteiger partial charge in [0, 0.05) is 0 Å². The van der Waals surface area contributed by atoms with Gasteiger partial charge in [-0.3, -0.25) is 0 Å². The van der Waals surface area contributed by atoms with Crippen LogP contribution in [0.1, 0.15) is 98.8 Å². The van der Waals surface area contributed by atoms with E-state index in [4.69, 9.17) is 4.74 Å². The van der Waals surface area contributed by atoms with Gasteiger partial charge in [-0.1, -0.05) is 32.4 Å². The van der Waals surface area contributed by atoms with Gasteiger partial charge in [-0.2, -0.15) is 0 Å². The number of epoxide rings is 1. The van der Waals surface area contributed by atoms with Gasteiger partial charge >= 0.3 is 0 Å². The molecule has 5 aliphatic rings. The van der Waals surface area contributed by atoms with Crippen molar-refractivity contribution in [2.75, 3.05) is 0 Å². The Morgan fingerprint density at radius 2 is 1.83 bits per heavy atom. The zero-order valence-electron chi connectivity index (χ0n) is 19.5. The normalized spacial score (nSPS) is 51.4. The summed E-state index contributed by atoms with van der Waals surface area (Å²) in [5.74, 6) is 4.41. The van der Waals surface area contributed by atoms with Crippen LogP contribution in [0.3, 0.4) is 0 Å². The zero-order valence-corrected chi connectivity index (χ0v) is 19.5. The van der Waals surface area contributed by atoms with E-state index in [0.717, 1.165) is 42.4 Å². The summed E-state index contributed by atoms with van der Waals surface area (Å²) in [6.07, 6.45) is 15.8. The summed E-state index contributed by atoms with van der Waals surface area (Å²) in [7, 11) is 0. The van der Waals surface area contributed by atoms with E-state index in [0.29, 0.717) is 16.9 Å². The van der Waals surface area contributed by atoms with Gasteiger partial charge in [0.1, 0.15) is 0 Å². The van der Waals surface area contributed by atoms with Crippen LogP contribution in [-0.2, 0) is 4.74 Å². The molecular formula is C27H44O2. The predicted octanol–water partition coefficient (Wildman–Crippen LogP) is 6.52. The summed E-state index contributed by atoms with van der Waals surface area (Å²) in [4.78, 5) is 0. The first-order valence-electron chi connectivity index (χ1n) is 12.7. The minimum absolute atomic E-state index is 0.0862. The van der Waals surface area contributed by atoms with E-state index < -0.39 is 0 Å². The maximum atomic E-state index is 10.2. The quantitative estimate of drug-likeness (QED) is 0.430. The first-order valence-corrected chi connectivity index (χ1v) is 12.7. The largest absolute Gasteiger partial charge is 0.393 e. The van der Waals surface area contributed by atoms with Gasteiger partial charge in [0.25, 0.3) is 0 Å². The highest BCUT2D eigenvalue weighted by molar-refractivity contribution is 5.25. The van der Waals surface area contributed by atoms with Crippen LogP contribution in [-0.4, -0.2) is 22.9 Å². The molecule has 9 atom stereocenters. The Hall–Kier alpha value is -0.340. The molecule has 4 aliphatic carbocycles. The Morgan fingerprint density at radius 1 is 1.07 bits per heavy atom. The number of fused-ring (bicyclic) bond motifs is 5. The van der Waals surface area contributed by atoms with Crippen molar-refractivity contribution >= 4 is 0 Å². The lowest BCUT2D eigenvalue weighted by molar-refractivity contribution is -0.0573. The first-order chi connectivity index (χ1) is 13.6. The molecule has 0 aromatic rings. The average Bonchev–Trinajstić information content (AvgIpc) is 3.11. The molecule has 0 aromatic carbocycles. The van der Waals surface area contributed by atoms with Crippen molar-refractivity contribution in [1.82, 2.24) is 0 Å².